The molecule has 0 aliphatic heterocycles. The summed E-state index contributed by atoms with van der Waals surface area (Å²) in [6.07, 6.45) is 5.62. The smallest absolute Gasteiger partial charge is 0.338 e. The van der Waals surface area contributed by atoms with Crippen molar-refractivity contribution >= 4 is 18.1 Å². The number of hydrogen-bond acceptors (Lipinski definition) is 7. The molecule has 0 radical (unpaired) electrons. The SMILES string of the molecule is CCOC(=O)c1ccc(-c2ccc(C=NNC(=O)c3cnccn3)o2)cc1. The Morgan fingerprint density at radius 3 is 2.70 bits per heavy atom. The number of nitrogens with one attached hydrogen (secondary N) is 1. The summed E-state index contributed by atoms with van der Waals surface area (Å²) in [5, 5.41) is 3.84. The Hall–Kier alpha value is -3.81. The van der Waals surface area contributed by atoms with Crippen LogP contribution in [0.5, 0.6) is 0 Å². The topological polar surface area (TPSA) is 107 Å². The molecule has 0 saturated carbocycles. The van der Waals surface area contributed by atoms with E-state index in [-0.39, 0.29) is 11.7 Å². The van der Waals surface area contributed by atoms with E-state index in [2.05, 4.69) is 20.5 Å². The maximum Gasteiger partial charge on any atom is 0.338 e. The third-order valence-electron chi connectivity index (χ3n) is 3.46. The van der Waals surface area contributed by atoms with Crippen LogP contribution in [0, 0.1) is 0 Å². The van der Waals surface area contributed by atoms with E-state index < -0.39 is 5.91 Å². The fourth-order valence-corrected chi connectivity index (χ4v) is 2.19. The predicted molar refractivity (Wildman–Crippen MR) is 97.2 cm³/mol. The van der Waals surface area contributed by atoms with E-state index in [1.165, 1.54) is 24.8 Å². The van der Waals surface area contributed by atoms with Gasteiger partial charge in [0.05, 0.1) is 24.6 Å². The number of aromatic nitrogens is 2. The van der Waals surface area contributed by atoms with Crippen molar-refractivity contribution in [3.63, 3.8) is 0 Å². The van der Waals surface area contributed by atoms with Crippen LogP contribution in [0.15, 0.2) is 64.5 Å². The number of nitrogens with zero attached hydrogens (tertiary/aromatic N) is 3. The molecule has 0 unspecified atom stereocenters. The van der Waals surface area contributed by atoms with Gasteiger partial charge in [0.15, 0.2) is 0 Å². The number of carbonyl (C=O) groups is 2. The molecule has 8 nitrogen and oxygen atoms in total. The van der Waals surface area contributed by atoms with E-state index in [0.29, 0.717) is 23.7 Å². The number of rotatable bonds is 6. The van der Waals surface area contributed by atoms with Gasteiger partial charge in [-0.05, 0) is 31.2 Å². The third-order valence-corrected chi connectivity index (χ3v) is 3.46. The minimum Gasteiger partial charge on any atom is -0.462 e. The van der Waals surface area contributed by atoms with Crippen LogP contribution in [-0.2, 0) is 4.74 Å². The second-order valence-electron chi connectivity index (χ2n) is 5.29. The molecule has 0 saturated heterocycles. The van der Waals surface area contributed by atoms with Crippen LogP contribution in [0.1, 0.15) is 33.5 Å². The Bertz CT molecular complexity index is 949. The van der Waals surface area contributed by atoms with E-state index in [4.69, 9.17) is 9.15 Å². The van der Waals surface area contributed by atoms with Crippen molar-refractivity contribution in [1.29, 1.82) is 0 Å². The first kappa shape index (κ1) is 18.0. The molecule has 2 heterocycles. The number of esters is 1. The van der Waals surface area contributed by atoms with Crippen LogP contribution in [0.2, 0.25) is 0 Å². The summed E-state index contributed by atoms with van der Waals surface area (Å²) in [5.74, 6) is 0.224. The molecule has 8 heteroatoms. The number of amides is 1. The van der Waals surface area contributed by atoms with E-state index in [1.54, 1.807) is 43.3 Å². The van der Waals surface area contributed by atoms with E-state index in [9.17, 15) is 9.59 Å². The lowest BCUT2D eigenvalue weighted by atomic mass is 10.1. The fraction of sp³-hybridized carbons (Fsp3) is 0.105. The van der Waals surface area contributed by atoms with Gasteiger partial charge in [-0.25, -0.2) is 15.2 Å². The second kappa shape index (κ2) is 8.52. The number of carbonyl (C=O) groups excluding carboxylic acids is 2. The summed E-state index contributed by atoms with van der Waals surface area (Å²) in [6, 6.07) is 10.4. The summed E-state index contributed by atoms with van der Waals surface area (Å²) >= 11 is 0. The standard InChI is InChI=1S/C19H16N4O4/c1-2-26-19(25)14-5-3-13(4-6-14)17-8-7-15(27-17)11-22-23-18(24)16-12-20-9-10-21-16/h3-12H,2H2,1H3,(H,23,24). The van der Waals surface area contributed by atoms with Gasteiger partial charge >= 0.3 is 5.97 Å². The zero-order valence-corrected chi connectivity index (χ0v) is 14.5. The summed E-state index contributed by atoms with van der Waals surface area (Å²) in [5.41, 5.74) is 3.78. The Morgan fingerprint density at radius 1 is 1.19 bits per heavy atom. The van der Waals surface area contributed by atoms with Gasteiger partial charge in [0, 0.05) is 18.0 Å². The van der Waals surface area contributed by atoms with Gasteiger partial charge in [0.2, 0.25) is 0 Å². The molecule has 0 fully saturated rings. The van der Waals surface area contributed by atoms with Crippen LogP contribution < -0.4 is 5.43 Å². The molecule has 3 aromatic rings. The number of furan rings is 1. The lowest BCUT2D eigenvalue weighted by Crippen LogP contribution is -2.18. The van der Waals surface area contributed by atoms with Gasteiger partial charge in [0.1, 0.15) is 17.2 Å². The summed E-state index contributed by atoms with van der Waals surface area (Å²) in [4.78, 5) is 31.2. The first-order valence-electron chi connectivity index (χ1n) is 8.14. The Balaban J connectivity index is 1.63. The average Bonchev–Trinajstić information content (AvgIpc) is 3.18. The highest BCUT2D eigenvalue weighted by molar-refractivity contribution is 5.92. The molecule has 3 rings (SSSR count). The number of hydrogen-bond donors (Lipinski definition) is 1. The maximum absolute atomic E-state index is 11.8. The van der Waals surface area contributed by atoms with Gasteiger partial charge in [0.25, 0.3) is 5.91 Å². The average molecular weight is 364 g/mol. The molecule has 1 N–H and O–H groups in total. The van der Waals surface area contributed by atoms with E-state index in [1.807, 2.05) is 0 Å². The molecule has 2 aromatic heterocycles. The Labute approximate surface area is 154 Å². The minimum absolute atomic E-state index is 0.163. The first-order chi connectivity index (χ1) is 13.2. The van der Waals surface area contributed by atoms with Crippen LogP contribution in [0.3, 0.4) is 0 Å². The van der Waals surface area contributed by atoms with Gasteiger partial charge in [-0.3, -0.25) is 9.78 Å². The Morgan fingerprint density at radius 2 is 2.00 bits per heavy atom. The van der Waals surface area contributed by atoms with Gasteiger partial charge in [-0.1, -0.05) is 12.1 Å². The molecular weight excluding hydrogens is 348 g/mol. The largest absolute Gasteiger partial charge is 0.462 e. The fourth-order valence-electron chi connectivity index (χ4n) is 2.19. The van der Waals surface area contributed by atoms with Crippen LogP contribution >= 0.6 is 0 Å². The second-order valence-corrected chi connectivity index (χ2v) is 5.29. The highest BCUT2D eigenvalue weighted by Crippen LogP contribution is 2.22. The molecule has 136 valence electrons. The lowest BCUT2D eigenvalue weighted by Gasteiger charge is -2.02. The van der Waals surface area contributed by atoms with Gasteiger partial charge in [-0.2, -0.15) is 5.10 Å². The molecule has 1 amide bonds. The maximum atomic E-state index is 11.8. The van der Waals surface area contributed by atoms with Crippen molar-refractivity contribution in [2.45, 2.75) is 6.92 Å². The highest BCUT2D eigenvalue weighted by atomic mass is 16.5. The van der Waals surface area contributed by atoms with Crippen molar-refractivity contribution in [2.24, 2.45) is 5.10 Å². The third kappa shape index (κ3) is 4.63. The Kier molecular flexibility index (Phi) is 5.68. The molecule has 0 bridgehead atoms. The number of benzene rings is 1. The molecule has 0 spiro atoms. The summed E-state index contributed by atoms with van der Waals surface area (Å²) < 4.78 is 10.6. The highest BCUT2D eigenvalue weighted by Gasteiger charge is 2.09. The summed E-state index contributed by atoms with van der Waals surface area (Å²) in [6.45, 7) is 2.09. The van der Waals surface area contributed by atoms with Crippen LogP contribution in [0.25, 0.3) is 11.3 Å². The molecular formula is C19H16N4O4. The van der Waals surface area contributed by atoms with Crippen molar-refractivity contribution in [3.05, 3.63) is 72.0 Å². The van der Waals surface area contributed by atoms with Crippen molar-refractivity contribution in [2.75, 3.05) is 6.61 Å². The summed E-state index contributed by atoms with van der Waals surface area (Å²) in [7, 11) is 0. The lowest BCUT2D eigenvalue weighted by molar-refractivity contribution is 0.0526. The normalized spacial score (nSPS) is 10.7. The quantitative estimate of drug-likeness (QED) is 0.409. The predicted octanol–water partition coefficient (Wildman–Crippen LogP) is 2.68. The number of hydrazone groups is 1. The van der Waals surface area contributed by atoms with Crippen molar-refractivity contribution in [1.82, 2.24) is 15.4 Å². The van der Waals surface area contributed by atoms with Crippen molar-refractivity contribution in [3.8, 4) is 11.3 Å². The molecule has 27 heavy (non-hydrogen) atoms. The zero-order chi connectivity index (χ0) is 19.1. The molecule has 0 aliphatic carbocycles. The minimum atomic E-state index is -0.472. The molecule has 1 aromatic carbocycles. The van der Waals surface area contributed by atoms with Gasteiger partial charge in [-0.15, -0.1) is 0 Å². The molecule has 0 aliphatic rings. The van der Waals surface area contributed by atoms with E-state index >= 15 is 0 Å². The van der Waals surface area contributed by atoms with Crippen molar-refractivity contribution < 1.29 is 18.7 Å². The number of ether oxygens (including phenoxy) is 1. The van der Waals surface area contributed by atoms with Crippen LogP contribution in [-0.4, -0.2) is 34.7 Å². The first-order valence-corrected chi connectivity index (χ1v) is 8.14. The van der Waals surface area contributed by atoms with Crippen LogP contribution in [0.4, 0.5) is 0 Å². The molecule has 0 atom stereocenters. The van der Waals surface area contributed by atoms with Gasteiger partial charge < -0.3 is 9.15 Å². The van der Waals surface area contributed by atoms with E-state index in [0.717, 1.165) is 5.56 Å². The monoisotopic (exact) mass is 364 g/mol. The zero-order valence-electron chi connectivity index (χ0n) is 14.5.